The SMILES string of the molecule is CCOC(=O)[NH2+]C(C)(C)C.[Cl-].[Cl-]. The normalized spacial score (nSPS) is 9.33. The van der Waals surface area contributed by atoms with Gasteiger partial charge in [0, 0.05) is 0 Å². The van der Waals surface area contributed by atoms with Crippen molar-refractivity contribution < 1.29 is 39.7 Å². The second-order valence-electron chi connectivity index (χ2n) is 3.26. The molecule has 0 aromatic heterocycles. The first-order chi connectivity index (χ1) is 4.45. The van der Waals surface area contributed by atoms with Gasteiger partial charge in [-0.1, -0.05) is 0 Å². The number of halogens is 2. The summed E-state index contributed by atoms with van der Waals surface area (Å²) in [5.74, 6) is 0. The van der Waals surface area contributed by atoms with Crippen molar-refractivity contribution >= 4 is 6.09 Å². The van der Waals surface area contributed by atoms with Gasteiger partial charge in [0.25, 0.3) is 0 Å². The van der Waals surface area contributed by atoms with Crippen LogP contribution in [-0.2, 0) is 4.74 Å². The highest BCUT2D eigenvalue weighted by molar-refractivity contribution is 5.55. The topological polar surface area (TPSA) is 42.9 Å². The Labute approximate surface area is 86.1 Å². The van der Waals surface area contributed by atoms with E-state index in [0.29, 0.717) is 6.61 Å². The largest absolute Gasteiger partial charge is 1.00 e. The third kappa shape index (κ3) is 12.7. The first-order valence-corrected chi connectivity index (χ1v) is 3.48. The third-order valence-electron chi connectivity index (χ3n) is 0.837. The van der Waals surface area contributed by atoms with E-state index in [4.69, 9.17) is 4.74 Å². The standard InChI is InChI=1S/C7H15NO2.2ClH/c1-5-10-6(9)8-7(2,3)4;;/h5H2,1-4H3,(H,8,9);2*1H/p-1. The fourth-order valence-corrected chi connectivity index (χ4v) is 0.537. The summed E-state index contributed by atoms with van der Waals surface area (Å²) in [5.41, 5.74) is -0.0771. The molecule has 0 unspecified atom stereocenters. The van der Waals surface area contributed by atoms with Crippen LogP contribution in [0.2, 0.25) is 0 Å². The molecule has 0 aromatic rings. The summed E-state index contributed by atoms with van der Waals surface area (Å²) >= 11 is 0. The molecule has 0 aliphatic rings. The van der Waals surface area contributed by atoms with Gasteiger partial charge in [-0.25, -0.2) is 5.32 Å². The van der Waals surface area contributed by atoms with Gasteiger partial charge in [0.2, 0.25) is 0 Å². The molecule has 0 spiro atoms. The summed E-state index contributed by atoms with van der Waals surface area (Å²) in [5, 5.41) is 1.58. The van der Waals surface area contributed by atoms with Crippen LogP contribution in [0.5, 0.6) is 0 Å². The zero-order chi connectivity index (χ0) is 8.20. The van der Waals surface area contributed by atoms with Crippen molar-refractivity contribution in [3.8, 4) is 0 Å². The highest BCUT2D eigenvalue weighted by atomic mass is 35.5. The Kier molecular flexibility index (Phi) is 11.4. The highest BCUT2D eigenvalue weighted by Crippen LogP contribution is 1.88. The van der Waals surface area contributed by atoms with Crippen LogP contribution >= 0.6 is 0 Å². The predicted molar refractivity (Wildman–Crippen MR) is 38.7 cm³/mol. The number of carbonyl (C=O) groups is 1. The Hall–Kier alpha value is 0.01000. The lowest BCUT2D eigenvalue weighted by Crippen LogP contribution is -3.00. The van der Waals surface area contributed by atoms with Crippen molar-refractivity contribution in [1.29, 1.82) is 0 Å². The Morgan fingerprint density at radius 1 is 1.33 bits per heavy atom. The Bertz CT molecular complexity index is 123. The molecule has 76 valence electrons. The number of ether oxygens (including phenoxy) is 1. The van der Waals surface area contributed by atoms with Gasteiger partial charge in [0.05, 0.1) is 12.1 Å². The monoisotopic (exact) mass is 216 g/mol. The predicted octanol–water partition coefficient (Wildman–Crippen LogP) is -5.49. The van der Waals surface area contributed by atoms with Gasteiger partial charge in [-0.2, -0.15) is 4.79 Å². The fraction of sp³-hybridized carbons (Fsp3) is 0.857. The van der Waals surface area contributed by atoms with Gasteiger partial charge in [-0.15, -0.1) is 0 Å². The van der Waals surface area contributed by atoms with Crippen LogP contribution in [0.3, 0.4) is 0 Å². The third-order valence-corrected chi connectivity index (χ3v) is 0.837. The molecular weight excluding hydrogens is 201 g/mol. The first-order valence-electron chi connectivity index (χ1n) is 3.48. The number of amides is 1. The first kappa shape index (κ1) is 17.9. The average Bonchev–Trinajstić information content (AvgIpc) is 1.59. The summed E-state index contributed by atoms with van der Waals surface area (Å²) in [6, 6.07) is 0. The molecule has 0 aromatic carbocycles. The molecule has 5 heteroatoms. The van der Waals surface area contributed by atoms with Crippen LogP contribution in [-0.4, -0.2) is 18.2 Å². The lowest BCUT2D eigenvalue weighted by atomic mass is 10.1. The molecule has 0 fully saturated rings. The van der Waals surface area contributed by atoms with Gasteiger partial charge in [-0.3, -0.25) is 0 Å². The number of hydrogen-bond donors (Lipinski definition) is 1. The number of hydrogen-bond acceptors (Lipinski definition) is 2. The molecule has 0 radical (unpaired) electrons. The average molecular weight is 217 g/mol. The van der Waals surface area contributed by atoms with E-state index >= 15 is 0 Å². The zero-order valence-electron chi connectivity index (χ0n) is 7.86. The minimum absolute atomic E-state index is 0. The Balaban J connectivity index is -0.000000405. The van der Waals surface area contributed by atoms with E-state index in [-0.39, 0.29) is 36.4 Å². The molecule has 0 saturated heterocycles. The van der Waals surface area contributed by atoms with Gasteiger partial charge in [0.15, 0.2) is 0 Å². The molecule has 0 saturated carbocycles. The molecule has 0 aliphatic heterocycles. The molecule has 0 heterocycles. The molecule has 3 nitrogen and oxygen atoms in total. The van der Waals surface area contributed by atoms with Crippen molar-refractivity contribution in [2.24, 2.45) is 0 Å². The van der Waals surface area contributed by atoms with Crippen molar-refractivity contribution in [2.75, 3.05) is 6.61 Å². The second-order valence-corrected chi connectivity index (χ2v) is 3.26. The van der Waals surface area contributed by atoms with Crippen molar-refractivity contribution in [3.63, 3.8) is 0 Å². The lowest BCUT2D eigenvalue weighted by molar-refractivity contribution is -0.638. The maximum atomic E-state index is 10.8. The molecule has 2 N–H and O–H groups in total. The molecule has 0 aliphatic carbocycles. The zero-order valence-corrected chi connectivity index (χ0v) is 9.37. The van der Waals surface area contributed by atoms with Gasteiger partial charge in [0.1, 0.15) is 0 Å². The smallest absolute Gasteiger partial charge is 0.513 e. The fourth-order valence-electron chi connectivity index (χ4n) is 0.537. The summed E-state index contributed by atoms with van der Waals surface area (Å²) < 4.78 is 4.72. The molecule has 0 rings (SSSR count). The molecule has 0 atom stereocenters. The number of rotatable bonds is 1. The number of nitrogens with two attached hydrogens (primary N) is 1. The van der Waals surface area contributed by atoms with Crippen molar-refractivity contribution in [1.82, 2.24) is 0 Å². The molecule has 12 heavy (non-hydrogen) atoms. The number of quaternary nitrogens is 1. The van der Waals surface area contributed by atoms with Gasteiger partial charge < -0.3 is 29.6 Å². The van der Waals surface area contributed by atoms with E-state index in [0.717, 1.165) is 0 Å². The van der Waals surface area contributed by atoms with E-state index in [1.54, 1.807) is 12.2 Å². The van der Waals surface area contributed by atoms with Crippen LogP contribution < -0.4 is 30.1 Å². The van der Waals surface area contributed by atoms with E-state index in [1.165, 1.54) is 0 Å². The highest BCUT2D eigenvalue weighted by Gasteiger charge is 2.19. The van der Waals surface area contributed by atoms with E-state index < -0.39 is 0 Å². The van der Waals surface area contributed by atoms with E-state index in [2.05, 4.69) is 0 Å². The van der Waals surface area contributed by atoms with Crippen LogP contribution in [0.4, 0.5) is 4.79 Å². The van der Waals surface area contributed by atoms with E-state index in [1.807, 2.05) is 20.8 Å². The summed E-state index contributed by atoms with van der Waals surface area (Å²) in [6.45, 7) is 8.14. The van der Waals surface area contributed by atoms with Gasteiger partial charge >= 0.3 is 6.09 Å². The maximum absolute atomic E-state index is 10.8. The van der Waals surface area contributed by atoms with Crippen LogP contribution in [0.25, 0.3) is 0 Å². The summed E-state index contributed by atoms with van der Waals surface area (Å²) in [7, 11) is 0. The Morgan fingerprint density at radius 3 is 2.00 bits per heavy atom. The molecule has 0 bridgehead atoms. The number of carbonyl (C=O) groups excluding carboxylic acids is 1. The Morgan fingerprint density at radius 2 is 1.75 bits per heavy atom. The minimum Gasteiger partial charge on any atom is -1.00 e. The van der Waals surface area contributed by atoms with Crippen LogP contribution in [0.1, 0.15) is 27.7 Å². The number of primary amides is 1. The quantitative estimate of drug-likeness (QED) is 0.476. The van der Waals surface area contributed by atoms with Crippen molar-refractivity contribution in [2.45, 2.75) is 33.2 Å². The lowest BCUT2D eigenvalue weighted by Gasteiger charge is -2.13. The van der Waals surface area contributed by atoms with Crippen LogP contribution in [0.15, 0.2) is 0 Å². The maximum Gasteiger partial charge on any atom is 0.513 e. The summed E-state index contributed by atoms with van der Waals surface area (Å²) in [4.78, 5) is 10.8. The van der Waals surface area contributed by atoms with E-state index in [9.17, 15) is 4.79 Å². The van der Waals surface area contributed by atoms with Crippen molar-refractivity contribution in [3.05, 3.63) is 0 Å². The van der Waals surface area contributed by atoms with Crippen LogP contribution in [0, 0.1) is 0 Å². The minimum atomic E-state index is -0.227. The van der Waals surface area contributed by atoms with Gasteiger partial charge in [-0.05, 0) is 27.7 Å². The second kappa shape index (κ2) is 7.65. The molecular formula is C7H16Cl2NO2-. The molecule has 1 amide bonds. The summed E-state index contributed by atoms with van der Waals surface area (Å²) in [6.07, 6.45) is -0.227.